The molecule has 2 aromatic carbocycles. The van der Waals surface area contributed by atoms with Crippen LogP contribution in [0.5, 0.6) is 5.75 Å². The molecular formula is C16H17NOS. The lowest BCUT2D eigenvalue weighted by atomic mass is 10.1. The molecule has 0 aliphatic carbocycles. The molecule has 0 saturated heterocycles. The molecule has 2 nitrogen and oxygen atoms in total. The van der Waals surface area contributed by atoms with Gasteiger partial charge in [-0.1, -0.05) is 24.3 Å². The minimum Gasteiger partial charge on any atom is -0.489 e. The van der Waals surface area contributed by atoms with E-state index in [2.05, 4.69) is 25.1 Å². The maximum Gasteiger partial charge on any atom is 0.123 e. The highest BCUT2D eigenvalue weighted by Crippen LogP contribution is 2.33. The van der Waals surface area contributed by atoms with E-state index in [1.165, 1.54) is 11.1 Å². The molecule has 19 heavy (non-hydrogen) atoms. The highest BCUT2D eigenvalue weighted by molar-refractivity contribution is 7.99. The number of fused-ring (bicyclic) bond motifs is 1. The van der Waals surface area contributed by atoms with Gasteiger partial charge in [0, 0.05) is 22.8 Å². The molecule has 0 spiro atoms. The lowest BCUT2D eigenvalue weighted by Gasteiger charge is -2.11. The maximum atomic E-state index is 6.00. The predicted molar refractivity (Wildman–Crippen MR) is 80.9 cm³/mol. The quantitative estimate of drug-likeness (QED) is 0.683. The average Bonchev–Trinajstić information content (AvgIpc) is 2.82. The Morgan fingerprint density at radius 2 is 2.11 bits per heavy atom. The summed E-state index contributed by atoms with van der Waals surface area (Å²) in [6.45, 7) is 2.09. The first-order chi connectivity index (χ1) is 9.22. The fraction of sp³-hybridized carbons (Fsp3) is 0.250. The van der Waals surface area contributed by atoms with E-state index in [9.17, 15) is 0 Å². The van der Waals surface area contributed by atoms with E-state index >= 15 is 0 Å². The number of ether oxygens (including phenoxy) is 1. The van der Waals surface area contributed by atoms with Crippen molar-refractivity contribution in [2.75, 3.05) is 11.5 Å². The SMILES string of the molecule is Cc1ccc(N)c(SCC2Cc3ccccc3O2)c1. The van der Waals surface area contributed by atoms with Crippen LogP contribution in [0.4, 0.5) is 5.69 Å². The van der Waals surface area contributed by atoms with Gasteiger partial charge in [-0.2, -0.15) is 0 Å². The predicted octanol–water partition coefficient (Wildman–Crippen LogP) is 3.67. The number of rotatable bonds is 3. The number of nitrogen functional groups attached to an aromatic ring is 1. The molecule has 0 bridgehead atoms. The summed E-state index contributed by atoms with van der Waals surface area (Å²) in [6.07, 6.45) is 1.25. The van der Waals surface area contributed by atoms with Crippen molar-refractivity contribution in [3.63, 3.8) is 0 Å². The summed E-state index contributed by atoms with van der Waals surface area (Å²) in [6, 6.07) is 14.4. The third-order valence-electron chi connectivity index (χ3n) is 3.31. The van der Waals surface area contributed by atoms with E-state index in [0.29, 0.717) is 0 Å². The molecule has 2 N–H and O–H groups in total. The Hall–Kier alpha value is -1.61. The van der Waals surface area contributed by atoms with Crippen molar-refractivity contribution < 1.29 is 4.74 Å². The summed E-state index contributed by atoms with van der Waals surface area (Å²) in [5.74, 6) is 1.97. The van der Waals surface area contributed by atoms with Crippen LogP contribution in [0.15, 0.2) is 47.4 Å². The molecule has 1 atom stereocenters. The average molecular weight is 271 g/mol. The number of aryl methyl sites for hydroxylation is 1. The zero-order valence-corrected chi connectivity index (χ0v) is 11.7. The lowest BCUT2D eigenvalue weighted by molar-refractivity contribution is 0.259. The first-order valence-corrected chi connectivity index (χ1v) is 7.44. The summed E-state index contributed by atoms with van der Waals surface area (Å²) < 4.78 is 5.94. The summed E-state index contributed by atoms with van der Waals surface area (Å²) in [4.78, 5) is 1.15. The number of hydrogen-bond acceptors (Lipinski definition) is 3. The van der Waals surface area contributed by atoms with Crippen LogP contribution in [-0.2, 0) is 6.42 Å². The molecule has 2 aromatic rings. The van der Waals surface area contributed by atoms with Crippen LogP contribution >= 0.6 is 11.8 Å². The van der Waals surface area contributed by atoms with Gasteiger partial charge >= 0.3 is 0 Å². The van der Waals surface area contributed by atoms with Gasteiger partial charge < -0.3 is 10.5 Å². The third-order valence-corrected chi connectivity index (χ3v) is 4.51. The van der Waals surface area contributed by atoms with Crippen LogP contribution in [-0.4, -0.2) is 11.9 Å². The van der Waals surface area contributed by atoms with Crippen LogP contribution in [0, 0.1) is 6.92 Å². The molecule has 1 aliphatic rings. The second-order valence-electron chi connectivity index (χ2n) is 4.90. The van der Waals surface area contributed by atoms with Crippen LogP contribution < -0.4 is 10.5 Å². The van der Waals surface area contributed by atoms with Crippen LogP contribution in [0.2, 0.25) is 0 Å². The van der Waals surface area contributed by atoms with Gasteiger partial charge in [-0.3, -0.25) is 0 Å². The number of benzene rings is 2. The van der Waals surface area contributed by atoms with E-state index in [1.807, 2.05) is 24.3 Å². The van der Waals surface area contributed by atoms with Gasteiger partial charge in [0.15, 0.2) is 0 Å². The molecule has 0 fully saturated rings. The Balaban J connectivity index is 1.64. The molecule has 3 heteroatoms. The molecule has 1 heterocycles. The third kappa shape index (κ3) is 2.71. The van der Waals surface area contributed by atoms with Crippen molar-refractivity contribution in [3.8, 4) is 5.75 Å². The Morgan fingerprint density at radius 1 is 1.26 bits per heavy atom. The van der Waals surface area contributed by atoms with Gasteiger partial charge in [0.1, 0.15) is 11.9 Å². The zero-order valence-electron chi connectivity index (χ0n) is 10.9. The molecule has 98 valence electrons. The largest absolute Gasteiger partial charge is 0.489 e. The van der Waals surface area contributed by atoms with Gasteiger partial charge in [-0.25, -0.2) is 0 Å². The molecule has 0 aromatic heterocycles. The molecule has 0 radical (unpaired) electrons. The second-order valence-corrected chi connectivity index (χ2v) is 5.97. The zero-order chi connectivity index (χ0) is 13.2. The fourth-order valence-corrected chi connectivity index (χ4v) is 3.35. The Labute approximate surface area is 118 Å². The minimum absolute atomic E-state index is 0.252. The Morgan fingerprint density at radius 3 is 2.95 bits per heavy atom. The molecule has 1 unspecified atom stereocenters. The van der Waals surface area contributed by atoms with Crippen LogP contribution in [0.3, 0.4) is 0 Å². The van der Waals surface area contributed by atoms with Crippen molar-refractivity contribution in [3.05, 3.63) is 53.6 Å². The van der Waals surface area contributed by atoms with Crippen molar-refractivity contribution in [2.45, 2.75) is 24.3 Å². The van der Waals surface area contributed by atoms with Crippen LogP contribution in [0.1, 0.15) is 11.1 Å². The topological polar surface area (TPSA) is 35.2 Å². The molecule has 1 aliphatic heterocycles. The van der Waals surface area contributed by atoms with Gasteiger partial charge in [-0.05, 0) is 36.2 Å². The van der Waals surface area contributed by atoms with Gasteiger partial charge in [0.05, 0.1) is 0 Å². The number of nitrogens with two attached hydrogens (primary N) is 1. The Kier molecular flexibility index (Phi) is 3.38. The van der Waals surface area contributed by atoms with Gasteiger partial charge in [0.2, 0.25) is 0 Å². The molecule has 3 rings (SSSR count). The summed E-state index contributed by atoms with van der Waals surface area (Å²) >= 11 is 1.78. The van der Waals surface area contributed by atoms with Crippen molar-refractivity contribution in [1.29, 1.82) is 0 Å². The number of anilines is 1. The number of hydrogen-bond donors (Lipinski definition) is 1. The molecular weight excluding hydrogens is 254 g/mol. The van der Waals surface area contributed by atoms with E-state index in [4.69, 9.17) is 10.5 Å². The highest BCUT2D eigenvalue weighted by Gasteiger charge is 2.22. The molecule has 0 saturated carbocycles. The van der Waals surface area contributed by atoms with E-state index in [1.54, 1.807) is 11.8 Å². The minimum atomic E-state index is 0.252. The summed E-state index contributed by atoms with van der Waals surface area (Å²) in [5, 5.41) is 0. The summed E-state index contributed by atoms with van der Waals surface area (Å²) in [5.41, 5.74) is 9.40. The lowest BCUT2D eigenvalue weighted by Crippen LogP contribution is -2.15. The monoisotopic (exact) mass is 271 g/mol. The van der Waals surface area contributed by atoms with Crippen molar-refractivity contribution in [1.82, 2.24) is 0 Å². The normalized spacial score (nSPS) is 17.0. The van der Waals surface area contributed by atoms with Crippen LogP contribution in [0.25, 0.3) is 0 Å². The van der Waals surface area contributed by atoms with E-state index in [0.717, 1.165) is 28.5 Å². The first kappa shape index (κ1) is 12.4. The molecule has 0 amide bonds. The standard InChI is InChI=1S/C16H17NOS/c1-11-6-7-14(17)16(8-11)19-10-13-9-12-4-2-3-5-15(12)18-13/h2-8,13H,9-10,17H2,1H3. The van der Waals surface area contributed by atoms with Gasteiger partial charge in [-0.15, -0.1) is 11.8 Å². The van der Waals surface area contributed by atoms with Crippen molar-refractivity contribution in [2.24, 2.45) is 0 Å². The number of para-hydroxylation sites is 1. The smallest absolute Gasteiger partial charge is 0.123 e. The first-order valence-electron chi connectivity index (χ1n) is 6.46. The van der Waals surface area contributed by atoms with E-state index < -0.39 is 0 Å². The van der Waals surface area contributed by atoms with Gasteiger partial charge in [0.25, 0.3) is 0 Å². The second kappa shape index (κ2) is 5.17. The number of thioether (sulfide) groups is 1. The fourth-order valence-electron chi connectivity index (χ4n) is 2.30. The van der Waals surface area contributed by atoms with Crippen molar-refractivity contribution >= 4 is 17.4 Å². The maximum absolute atomic E-state index is 6.00. The Bertz CT molecular complexity index is 572. The van der Waals surface area contributed by atoms with E-state index in [-0.39, 0.29) is 6.10 Å². The highest BCUT2D eigenvalue weighted by atomic mass is 32.2. The summed E-state index contributed by atoms with van der Waals surface area (Å²) in [7, 11) is 0.